The first-order chi connectivity index (χ1) is 15.5. The number of benzene rings is 4. The fourth-order valence-corrected chi connectivity index (χ4v) is 2.61. The van der Waals surface area contributed by atoms with Crippen molar-refractivity contribution in [1.82, 2.24) is 0 Å². The number of aliphatic carboxylic acids is 2. The molecule has 0 radical (unpaired) electrons. The summed E-state index contributed by atoms with van der Waals surface area (Å²) in [6.07, 6.45) is 0. The van der Waals surface area contributed by atoms with Gasteiger partial charge in [-0.15, -0.1) is 0 Å². The topological polar surface area (TPSA) is 91.7 Å². The lowest BCUT2D eigenvalue weighted by Gasteiger charge is -1.98. The summed E-state index contributed by atoms with van der Waals surface area (Å²) in [7, 11) is 0. The van der Waals surface area contributed by atoms with Crippen molar-refractivity contribution in [1.29, 1.82) is 0 Å². The third-order valence-corrected chi connectivity index (χ3v) is 4.15. The highest BCUT2D eigenvalue weighted by Crippen LogP contribution is 2.18. The molecule has 32 heavy (non-hydrogen) atoms. The van der Waals surface area contributed by atoms with Gasteiger partial charge in [0.25, 0.3) is 0 Å². The minimum atomic E-state index is -1.95. The highest BCUT2D eigenvalue weighted by atomic mass is 16.4. The van der Waals surface area contributed by atoms with E-state index in [0.29, 0.717) is 0 Å². The molecule has 0 fully saturated rings. The lowest BCUT2D eigenvalue weighted by Crippen LogP contribution is -2.22. The van der Waals surface area contributed by atoms with Crippen LogP contribution in [0.5, 0.6) is 0 Å². The highest BCUT2D eigenvalue weighted by molar-refractivity contribution is 6.59. The number of carboxylic acids is 2. The van der Waals surface area contributed by atoms with Gasteiger partial charge in [-0.3, -0.25) is 4.79 Å². The summed E-state index contributed by atoms with van der Waals surface area (Å²) < 4.78 is 0. The Kier molecular flexibility index (Phi) is 9.60. The van der Waals surface area contributed by atoms with Crippen molar-refractivity contribution in [2.75, 3.05) is 0 Å². The van der Waals surface area contributed by atoms with Crippen LogP contribution in [0.15, 0.2) is 121 Å². The fourth-order valence-electron chi connectivity index (χ4n) is 2.61. The molecule has 5 nitrogen and oxygen atoms in total. The summed E-state index contributed by atoms with van der Waals surface area (Å²) >= 11 is 0. The largest absolute Gasteiger partial charge is 0.475 e. The third kappa shape index (κ3) is 8.08. The average Bonchev–Trinajstić information content (AvgIpc) is 2.86. The number of hydrogen-bond donors (Lipinski definition) is 2. The van der Waals surface area contributed by atoms with Crippen LogP contribution in [0.3, 0.4) is 0 Å². The Bertz CT molecular complexity index is 944. The molecule has 5 heteroatoms. The van der Waals surface area contributed by atoms with Crippen LogP contribution in [0.2, 0.25) is 0 Å². The van der Waals surface area contributed by atoms with Crippen molar-refractivity contribution in [2.24, 2.45) is 0 Å². The summed E-state index contributed by atoms with van der Waals surface area (Å²) in [5, 5.41) is 15.2. The molecule has 4 aromatic carbocycles. The smallest absolute Gasteiger partial charge is 0.384 e. The van der Waals surface area contributed by atoms with E-state index in [9.17, 15) is 14.4 Å². The van der Waals surface area contributed by atoms with Crippen molar-refractivity contribution in [3.05, 3.63) is 121 Å². The van der Waals surface area contributed by atoms with Crippen molar-refractivity contribution in [3.8, 4) is 22.3 Å². The molecular formula is C27H22O5. The van der Waals surface area contributed by atoms with Gasteiger partial charge in [-0.25, -0.2) is 9.59 Å². The zero-order valence-corrected chi connectivity index (χ0v) is 17.2. The van der Waals surface area contributed by atoms with E-state index in [4.69, 9.17) is 10.2 Å². The minimum Gasteiger partial charge on any atom is -0.475 e. The van der Waals surface area contributed by atoms with Gasteiger partial charge >= 0.3 is 17.7 Å². The van der Waals surface area contributed by atoms with Gasteiger partial charge in [-0.1, -0.05) is 121 Å². The van der Waals surface area contributed by atoms with E-state index in [1.165, 1.54) is 22.3 Å². The molecule has 4 aromatic rings. The Morgan fingerprint density at radius 3 is 0.688 bits per heavy atom. The van der Waals surface area contributed by atoms with Crippen LogP contribution in [-0.4, -0.2) is 27.9 Å². The highest BCUT2D eigenvalue weighted by Gasteiger charge is 2.19. The third-order valence-electron chi connectivity index (χ3n) is 4.15. The maximum atomic E-state index is 9.64. The first-order valence-corrected chi connectivity index (χ1v) is 9.70. The predicted octanol–water partition coefficient (Wildman–Crippen LogP) is 5.43. The number of carbonyl (C=O) groups excluding carboxylic acids is 1. The van der Waals surface area contributed by atoms with Crippen molar-refractivity contribution >= 4 is 17.7 Å². The summed E-state index contributed by atoms with van der Waals surface area (Å²) in [6, 6.07) is 41.6. The number of carbonyl (C=O) groups is 3. The van der Waals surface area contributed by atoms with Gasteiger partial charge in [-0.05, 0) is 22.3 Å². The molecule has 2 N–H and O–H groups in total. The average molecular weight is 426 g/mol. The van der Waals surface area contributed by atoms with Crippen molar-refractivity contribution in [2.45, 2.75) is 0 Å². The molecule has 0 saturated carbocycles. The van der Waals surface area contributed by atoms with E-state index >= 15 is 0 Å². The molecule has 0 heterocycles. The molecular weight excluding hydrogens is 404 g/mol. The predicted molar refractivity (Wildman–Crippen MR) is 124 cm³/mol. The standard InChI is InChI=1S/2C12H10.C3H2O5/c2*1-3-7-11(8-4-1)12-9-5-2-6-10-12;4-1(2(5)6)3(7)8/h2*1-10H;(H,5,6)(H,7,8). The monoisotopic (exact) mass is 426 g/mol. The van der Waals surface area contributed by atoms with Crippen LogP contribution >= 0.6 is 0 Å². The van der Waals surface area contributed by atoms with E-state index < -0.39 is 17.7 Å². The van der Waals surface area contributed by atoms with Gasteiger partial charge in [0.05, 0.1) is 0 Å². The van der Waals surface area contributed by atoms with Gasteiger partial charge in [0.15, 0.2) is 0 Å². The summed E-state index contributed by atoms with van der Waals surface area (Å²) in [6.45, 7) is 0. The van der Waals surface area contributed by atoms with Crippen molar-refractivity contribution in [3.63, 3.8) is 0 Å². The van der Waals surface area contributed by atoms with Crippen molar-refractivity contribution < 1.29 is 24.6 Å². The Morgan fingerprint density at radius 2 is 0.562 bits per heavy atom. The van der Waals surface area contributed by atoms with E-state index in [-0.39, 0.29) is 0 Å². The summed E-state index contributed by atoms with van der Waals surface area (Å²) in [5.41, 5.74) is 5.10. The Labute approximate surface area is 186 Å². The number of Topliss-reactive ketones (excluding diaryl/α,β-unsaturated/α-hetero) is 1. The molecule has 0 aliphatic carbocycles. The fraction of sp³-hybridized carbons (Fsp3) is 0. The zero-order chi connectivity index (χ0) is 23.2. The summed E-state index contributed by atoms with van der Waals surface area (Å²) in [4.78, 5) is 28.5. The zero-order valence-electron chi connectivity index (χ0n) is 17.2. The Hall–Kier alpha value is -4.51. The number of carboxylic acid groups (broad SMARTS) is 2. The minimum absolute atomic E-state index is 1.28. The lowest BCUT2D eigenvalue weighted by molar-refractivity contribution is -0.159. The van der Waals surface area contributed by atoms with E-state index in [1.807, 2.05) is 24.3 Å². The van der Waals surface area contributed by atoms with Crippen LogP contribution in [0.4, 0.5) is 0 Å². The lowest BCUT2D eigenvalue weighted by atomic mass is 10.1. The second-order valence-corrected chi connectivity index (χ2v) is 6.40. The van der Waals surface area contributed by atoms with Crippen LogP contribution in [0.25, 0.3) is 22.3 Å². The van der Waals surface area contributed by atoms with Gasteiger partial charge in [0.1, 0.15) is 0 Å². The molecule has 160 valence electrons. The summed E-state index contributed by atoms with van der Waals surface area (Å²) in [5.74, 6) is -5.71. The Morgan fingerprint density at radius 1 is 0.375 bits per heavy atom. The molecule has 0 bridgehead atoms. The molecule has 0 saturated heterocycles. The molecule has 0 aliphatic rings. The molecule has 4 rings (SSSR count). The molecule has 0 aliphatic heterocycles. The van der Waals surface area contributed by atoms with E-state index in [1.54, 1.807) is 0 Å². The molecule has 0 spiro atoms. The Balaban J connectivity index is 0.000000175. The maximum Gasteiger partial charge on any atom is 0.384 e. The molecule has 0 atom stereocenters. The van der Waals surface area contributed by atoms with Crippen LogP contribution in [0.1, 0.15) is 0 Å². The second kappa shape index (κ2) is 12.9. The van der Waals surface area contributed by atoms with E-state index in [0.717, 1.165) is 0 Å². The van der Waals surface area contributed by atoms with Gasteiger partial charge in [0, 0.05) is 0 Å². The normalized spacial score (nSPS) is 9.25. The second-order valence-electron chi connectivity index (χ2n) is 6.40. The first-order valence-electron chi connectivity index (χ1n) is 9.70. The molecule has 0 amide bonds. The number of hydrogen-bond acceptors (Lipinski definition) is 3. The van der Waals surface area contributed by atoms with Gasteiger partial charge in [0.2, 0.25) is 0 Å². The maximum absolute atomic E-state index is 9.64. The van der Waals surface area contributed by atoms with Gasteiger partial charge in [-0.2, -0.15) is 0 Å². The molecule has 0 unspecified atom stereocenters. The van der Waals surface area contributed by atoms with Crippen LogP contribution in [0, 0.1) is 0 Å². The quantitative estimate of drug-likeness (QED) is 0.335. The van der Waals surface area contributed by atoms with E-state index in [2.05, 4.69) is 97.1 Å². The number of ketones is 1. The molecule has 0 aromatic heterocycles. The first kappa shape index (κ1) is 23.8. The van der Waals surface area contributed by atoms with Crippen LogP contribution < -0.4 is 0 Å². The number of rotatable bonds is 4. The SMILES string of the molecule is O=C(O)C(=O)C(=O)O.c1ccc(-c2ccccc2)cc1.c1ccc(-c2ccccc2)cc1. The van der Waals surface area contributed by atoms with Gasteiger partial charge < -0.3 is 10.2 Å². The van der Waals surface area contributed by atoms with Crippen LogP contribution in [-0.2, 0) is 14.4 Å².